The van der Waals surface area contributed by atoms with Gasteiger partial charge in [0.2, 0.25) is 0 Å². The van der Waals surface area contributed by atoms with E-state index in [1.165, 1.54) is 5.56 Å². The minimum absolute atomic E-state index is 0.0157. The van der Waals surface area contributed by atoms with Crippen LogP contribution in [-0.2, 0) is 22.7 Å². The Morgan fingerprint density at radius 3 is 2.46 bits per heavy atom. The van der Waals surface area contributed by atoms with Crippen LogP contribution in [0.1, 0.15) is 50.0 Å². The number of aliphatic hydroxyl groups is 1. The Bertz CT molecular complexity index is 1190. The summed E-state index contributed by atoms with van der Waals surface area (Å²) in [5.41, 5.74) is 4.44. The average molecular weight is 493 g/mol. The van der Waals surface area contributed by atoms with Crippen LogP contribution in [0.5, 0.6) is 5.75 Å². The Balaban J connectivity index is 1.59. The Kier molecular flexibility index (Phi) is 7.39. The van der Waals surface area contributed by atoms with Crippen molar-refractivity contribution in [2.45, 2.75) is 57.8 Å². The molecule has 3 aromatic rings. The molecule has 183 valence electrons. The Labute approximate surface area is 211 Å². The van der Waals surface area contributed by atoms with E-state index in [1.807, 2.05) is 32.9 Å². The molecule has 0 aliphatic heterocycles. The third-order valence-electron chi connectivity index (χ3n) is 6.27. The third-order valence-corrected chi connectivity index (χ3v) is 6.50. The number of halogens is 1. The normalized spacial score (nSPS) is 16.3. The molecule has 5 nitrogen and oxygen atoms in total. The molecule has 1 amide bonds. The van der Waals surface area contributed by atoms with Crippen molar-refractivity contribution in [3.63, 3.8) is 0 Å². The van der Waals surface area contributed by atoms with E-state index < -0.39 is 17.8 Å². The molecule has 0 bridgehead atoms. The van der Waals surface area contributed by atoms with Crippen LogP contribution in [0.15, 0.2) is 66.7 Å². The molecule has 4 rings (SSSR count). The molecule has 1 N–H and O–H groups in total. The van der Waals surface area contributed by atoms with Crippen LogP contribution in [0.4, 0.5) is 4.79 Å². The van der Waals surface area contributed by atoms with Crippen molar-refractivity contribution in [1.82, 2.24) is 4.90 Å². The van der Waals surface area contributed by atoms with Gasteiger partial charge in [-0.15, -0.1) is 0 Å². The molecule has 0 unspecified atom stereocenters. The van der Waals surface area contributed by atoms with Gasteiger partial charge in [0.25, 0.3) is 0 Å². The van der Waals surface area contributed by atoms with Gasteiger partial charge in [0.05, 0.1) is 12.6 Å². The third kappa shape index (κ3) is 6.36. The molecule has 6 heteroatoms. The summed E-state index contributed by atoms with van der Waals surface area (Å²) in [5.74, 6) is -0.0157. The van der Waals surface area contributed by atoms with Gasteiger partial charge in [0.1, 0.15) is 5.60 Å². The Morgan fingerprint density at radius 2 is 1.77 bits per heavy atom. The van der Waals surface area contributed by atoms with Crippen molar-refractivity contribution in [1.29, 1.82) is 0 Å². The molecule has 2 atom stereocenters. The lowest BCUT2D eigenvalue weighted by Crippen LogP contribution is -2.47. The van der Waals surface area contributed by atoms with Gasteiger partial charge in [-0.3, -0.25) is 5.11 Å². The predicted octanol–water partition coefficient (Wildman–Crippen LogP) is 6.98. The minimum atomic E-state index is -0.889. The van der Waals surface area contributed by atoms with Crippen molar-refractivity contribution in [2.24, 2.45) is 0 Å². The molecular formula is C29H31ClNO4. The number of hydrogen-bond acceptors (Lipinski definition) is 3. The van der Waals surface area contributed by atoms with Crippen LogP contribution in [-0.4, -0.2) is 34.3 Å². The summed E-state index contributed by atoms with van der Waals surface area (Å²) in [4.78, 5) is 14.9. The summed E-state index contributed by atoms with van der Waals surface area (Å²) in [5, 5.41) is 23.0. The summed E-state index contributed by atoms with van der Waals surface area (Å²) < 4.78 is 5.73. The number of carbonyl (C=O) groups is 1. The van der Waals surface area contributed by atoms with E-state index in [9.17, 15) is 15.0 Å². The van der Waals surface area contributed by atoms with Crippen LogP contribution in [0, 0.1) is 0 Å². The first-order chi connectivity index (χ1) is 16.6. The molecule has 1 aliphatic rings. The smallest absolute Gasteiger partial charge is 0.410 e. The van der Waals surface area contributed by atoms with Crippen LogP contribution in [0.25, 0.3) is 11.1 Å². The minimum Gasteiger partial charge on any atom is -0.444 e. The highest BCUT2D eigenvalue weighted by atomic mass is 35.5. The second-order valence-corrected chi connectivity index (χ2v) is 10.5. The van der Waals surface area contributed by atoms with Gasteiger partial charge in [0.15, 0.2) is 5.75 Å². The Hall–Kier alpha value is -3.02. The number of rotatable bonds is 5. The zero-order chi connectivity index (χ0) is 25.2. The van der Waals surface area contributed by atoms with Crippen molar-refractivity contribution in [2.75, 3.05) is 6.54 Å². The highest BCUT2D eigenvalue weighted by Gasteiger charge is 2.33. The fraction of sp³-hybridized carbons (Fsp3) is 0.345. The maximum absolute atomic E-state index is 13.3. The van der Waals surface area contributed by atoms with Gasteiger partial charge in [-0.1, -0.05) is 54.1 Å². The SMILES string of the molecule is CC(C)(C)OC(=O)N(C[C@H](O)c1cccc(Cl)c1)[C@H]1CCc2ccc(-c3ccc([O])cc3)cc2C1. The topological polar surface area (TPSA) is 69.7 Å². The molecule has 0 spiro atoms. The number of aliphatic hydroxyl groups excluding tert-OH is 1. The summed E-state index contributed by atoms with van der Waals surface area (Å²) in [6.07, 6.45) is 0.934. The molecule has 0 fully saturated rings. The number of aryl methyl sites for hydroxylation is 1. The van der Waals surface area contributed by atoms with Gasteiger partial charge >= 0.3 is 6.09 Å². The molecule has 35 heavy (non-hydrogen) atoms. The summed E-state index contributed by atoms with van der Waals surface area (Å²) in [6, 6.07) is 20.1. The van der Waals surface area contributed by atoms with Crippen LogP contribution < -0.4 is 0 Å². The van der Waals surface area contributed by atoms with Crippen molar-refractivity contribution in [3.05, 3.63) is 88.4 Å². The lowest BCUT2D eigenvalue weighted by atomic mass is 9.85. The molecule has 0 aromatic heterocycles. The molecule has 0 saturated carbocycles. The number of carbonyl (C=O) groups excluding carboxylic acids is 1. The highest BCUT2D eigenvalue weighted by Crippen LogP contribution is 2.32. The lowest BCUT2D eigenvalue weighted by Gasteiger charge is -2.37. The molecule has 1 aliphatic carbocycles. The largest absolute Gasteiger partial charge is 0.444 e. The fourth-order valence-corrected chi connectivity index (χ4v) is 4.73. The molecule has 1 radical (unpaired) electrons. The predicted molar refractivity (Wildman–Crippen MR) is 137 cm³/mol. The van der Waals surface area contributed by atoms with E-state index in [0.717, 1.165) is 29.5 Å². The van der Waals surface area contributed by atoms with Crippen LogP contribution in [0.3, 0.4) is 0 Å². The summed E-state index contributed by atoms with van der Waals surface area (Å²) in [6.45, 7) is 5.63. The van der Waals surface area contributed by atoms with E-state index in [2.05, 4.69) is 18.2 Å². The standard InChI is InChI=1S/C29H31ClNO4/c1-29(2,3)35-28(34)31(18-27(33)22-5-4-6-24(30)16-22)25-12-9-20-7-8-21(15-23(20)17-25)19-10-13-26(32)14-11-19/h4-8,10-11,13-16,25,27,33H,9,12,17-18H2,1-3H3/t25-,27-/m0/s1. The maximum Gasteiger partial charge on any atom is 0.410 e. The quantitative estimate of drug-likeness (QED) is 0.417. The van der Waals surface area contributed by atoms with E-state index in [1.54, 1.807) is 41.3 Å². The summed E-state index contributed by atoms with van der Waals surface area (Å²) in [7, 11) is 0. The van der Waals surface area contributed by atoms with Gasteiger partial charge in [-0.2, -0.15) is 0 Å². The van der Waals surface area contributed by atoms with Crippen LogP contribution in [0.2, 0.25) is 5.02 Å². The highest BCUT2D eigenvalue weighted by molar-refractivity contribution is 6.30. The van der Waals surface area contributed by atoms with E-state index in [4.69, 9.17) is 16.3 Å². The van der Waals surface area contributed by atoms with Crippen molar-refractivity contribution in [3.8, 4) is 16.9 Å². The first-order valence-electron chi connectivity index (χ1n) is 11.9. The number of benzene rings is 3. The lowest BCUT2D eigenvalue weighted by molar-refractivity contribution is 0.00196. The number of fused-ring (bicyclic) bond motifs is 1. The zero-order valence-corrected chi connectivity index (χ0v) is 21.1. The Morgan fingerprint density at radius 1 is 1.06 bits per heavy atom. The average Bonchev–Trinajstić information content (AvgIpc) is 2.81. The zero-order valence-electron chi connectivity index (χ0n) is 20.3. The summed E-state index contributed by atoms with van der Waals surface area (Å²) >= 11 is 6.12. The van der Waals surface area contributed by atoms with E-state index in [0.29, 0.717) is 17.0 Å². The molecule has 3 aromatic carbocycles. The molecular weight excluding hydrogens is 462 g/mol. The second kappa shape index (κ2) is 10.3. The fourth-order valence-electron chi connectivity index (χ4n) is 4.53. The maximum atomic E-state index is 13.3. The monoisotopic (exact) mass is 492 g/mol. The molecule has 0 heterocycles. The van der Waals surface area contributed by atoms with Gasteiger partial charge in [0, 0.05) is 11.1 Å². The first kappa shape index (κ1) is 25.1. The van der Waals surface area contributed by atoms with Crippen LogP contribution >= 0.6 is 11.6 Å². The number of ether oxygens (including phenoxy) is 1. The molecule has 0 saturated heterocycles. The second-order valence-electron chi connectivity index (χ2n) is 10.1. The number of amides is 1. The van der Waals surface area contributed by atoms with Gasteiger partial charge < -0.3 is 14.7 Å². The van der Waals surface area contributed by atoms with Crippen molar-refractivity contribution < 1.29 is 19.7 Å². The van der Waals surface area contributed by atoms with E-state index in [-0.39, 0.29) is 18.3 Å². The first-order valence-corrected chi connectivity index (χ1v) is 12.3. The van der Waals surface area contributed by atoms with Gasteiger partial charge in [-0.05, 0) is 92.1 Å². The number of nitrogens with zero attached hydrogens (tertiary/aromatic N) is 1. The number of hydrogen-bond donors (Lipinski definition) is 1. The van der Waals surface area contributed by atoms with Crippen molar-refractivity contribution >= 4 is 17.7 Å². The van der Waals surface area contributed by atoms with Gasteiger partial charge in [-0.25, -0.2) is 4.79 Å². The van der Waals surface area contributed by atoms with E-state index >= 15 is 0 Å².